The average molecular weight is 281 g/mol. The van der Waals surface area contributed by atoms with E-state index in [4.69, 9.17) is 0 Å². The molecule has 0 aromatic heterocycles. The standard InChI is InChI=1S/C20H11NO/c21-12-18-15-9-3-4-10-17(15)20(22)19(18)16-11-5-7-13-6-1-2-8-14(13)16/h1-11H. The van der Waals surface area contributed by atoms with Gasteiger partial charge in [-0.05, 0) is 16.3 Å². The zero-order valence-electron chi connectivity index (χ0n) is 11.7. The largest absolute Gasteiger partial charge is 0.289 e. The summed E-state index contributed by atoms with van der Waals surface area (Å²) in [6.45, 7) is 0. The first-order valence-corrected chi connectivity index (χ1v) is 7.08. The number of nitrogens with zero attached hydrogens (tertiary/aromatic N) is 1. The van der Waals surface area contributed by atoms with Crippen LogP contribution in [0.5, 0.6) is 0 Å². The molecule has 1 aliphatic carbocycles. The van der Waals surface area contributed by atoms with Gasteiger partial charge < -0.3 is 0 Å². The molecular weight excluding hydrogens is 270 g/mol. The molecule has 102 valence electrons. The molecule has 4 rings (SSSR count). The predicted molar refractivity (Wildman–Crippen MR) is 87.1 cm³/mol. The van der Waals surface area contributed by atoms with Gasteiger partial charge in [-0.2, -0.15) is 5.26 Å². The number of rotatable bonds is 1. The van der Waals surface area contributed by atoms with E-state index in [0.717, 1.165) is 21.9 Å². The quantitative estimate of drug-likeness (QED) is 0.660. The Kier molecular flexibility index (Phi) is 2.67. The highest BCUT2D eigenvalue weighted by Gasteiger charge is 2.30. The van der Waals surface area contributed by atoms with Crippen molar-refractivity contribution in [3.05, 3.63) is 83.4 Å². The van der Waals surface area contributed by atoms with Gasteiger partial charge in [-0.15, -0.1) is 0 Å². The second kappa shape index (κ2) is 4.68. The lowest BCUT2D eigenvalue weighted by Crippen LogP contribution is -1.98. The molecule has 0 amide bonds. The number of benzene rings is 3. The Morgan fingerprint density at radius 3 is 2.18 bits per heavy atom. The fourth-order valence-corrected chi connectivity index (χ4v) is 3.10. The van der Waals surface area contributed by atoms with Gasteiger partial charge in [0.25, 0.3) is 0 Å². The molecule has 0 unspecified atom stereocenters. The summed E-state index contributed by atoms with van der Waals surface area (Å²) in [7, 11) is 0. The number of nitriles is 1. The topological polar surface area (TPSA) is 40.9 Å². The summed E-state index contributed by atoms with van der Waals surface area (Å²) >= 11 is 0. The third-order valence-electron chi connectivity index (χ3n) is 4.09. The van der Waals surface area contributed by atoms with Gasteiger partial charge >= 0.3 is 0 Å². The number of Topliss-reactive ketones (excluding diaryl/α,β-unsaturated/α-hetero) is 1. The third kappa shape index (κ3) is 1.63. The molecule has 2 nitrogen and oxygen atoms in total. The second-order valence-corrected chi connectivity index (χ2v) is 5.26. The SMILES string of the molecule is N#CC1=C(c2cccc3ccccc23)C(=O)c2ccccc21. The molecular formula is C20H11NO. The van der Waals surface area contributed by atoms with Gasteiger partial charge in [0, 0.05) is 16.7 Å². The maximum absolute atomic E-state index is 12.8. The molecule has 3 aromatic carbocycles. The Morgan fingerprint density at radius 2 is 1.36 bits per heavy atom. The highest BCUT2D eigenvalue weighted by molar-refractivity contribution is 6.42. The Labute approximate surface area is 127 Å². The van der Waals surface area contributed by atoms with Crippen LogP contribution in [0.2, 0.25) is 0 Å². The summed E-state index contributed by atoms with van der Waals surface area (Å²) in [4.78, 5) is 12.8. The van der Waals surface area contributed by atoms with E-state index in [-0.39, 0.29) is 5.78 Å². The van der Waals surface area contributed by atoms with Gasteiger partial charge in [0.15, 0.2) is 5.78 Å². The number of hydrogen-bond acceptors (Lipinski definition) is 2. The van der Waals surface area contributed by atoms with Crippen molar-refractivity contribution < 1.29 is 4.79 Å². The zero-order valence-corrected chi connectivity index (χ0v) is 11.7. The third-order valence-corrected chi connectivity index (χ3v) is 4.09. The normalized spacial score (nSPS) is 13.3. The first-order chi connectivity index (χ1) is 10.8. The van der Waals surface area contributed by atoms with E-state index in [0.29, 0.717) is 16.7 Å². The first kappa shape index (κ1) is 12.6. The summed E-state index contributed by atoms with van der Waals surface area (Å²) < 4.78 is 0. The molecule has 1 aliphatic rings. The van der Waals surface area contributed by atoms with E-state index < -0.39 is 0 Å². The van der Waals surface area contributed by atoms with E-state index >= 15 is 0 Å². The van der Waals surface area contributed by atoms with Crippen molar-refractivity contribution >= 4 is 27.7 Å². The number of fused-ring (bicyclic) bond motifs is 2. The Hall–Kier alpha value is -3.18. The van der Waals surface area contributed by atoms with Crippen LogP contribution < -0.4 is 0 Å². The molecule has 0 atom stereocenters. The Morgan fingerprint density at radius 1 is 0.727 bits per heavy atom. The molecule has 22 heavy (non-hydrogen) atoms. The van der Waals surface area contributed by atoms with Crippen LogP contribution in [0.4, 0.5) is 0 Å². The molecule has 0 radical (unpaired) electrons. The predicted octanol–water partition coefficient (Wildman–Crippen LogP) is 4.47. The van der Waals surface area contributed by atoms with E-state index in [1.54, 1.807) is 6.07 Å². The van der Waals surface area contributed by atoms with E-state index in [9.17, 15) is 10.1 Å². The molecule has 0 N–H and O–H groups in total. The molecule has 0 heterocycles. The molecule has 0 saturated heterocycles. The van der Waals surface area contributed by atoms with Crippen LogP contribution in [0.15, 0.2) is 66.7 Å². The lowest BCUT2D eigenvalue weighted by molar-refractivity contribution is 0.105. The van der Waals surface area contributed by atoms with Gasteiger partial charge in [0.1, 0.15) is 6.07 Å². The summed E-state index contributed by atoms with van der Waals surface area (Å²) in [6.07, 6.45) is 0. The van der Waals surface area contributed by atoms with Crippen LogP contribution >= 0.6 is 0 Å². The minimum atomic E-state index is -0.0662. The smallest absolute Gasteiger partial charge is 0.195 e. The van der Waals surface area contributed by atoms with Gasteiger partial charge in [0.05, 0.1) is 5.57 Å². The van der Waals surface area contributed by atoms with E-state index in [1.807, 2.05) is 60.7 Å². The highest BCUT2D eigenvalue weighted by Crippen LogP contribution is 2.40. The van der Waals surface area contributed by atoms with Crippen molar-refractivity contribution in [2.75, 3.05) is 0 Å². The van der Waals surface area contributed by atoms with Crippen molar-refractivity contribution in [3.63, 3.8) is 0 Å². The molecule has 0 aliphatic heterocycles. The number of ketones is 1. The molecule has 2 heteroatoms. The number of carbonyl (C=O) groups is 1. The van der Waals surface area contributed by atoms with Crippen molar-refractivity contribution in [3.8, 4) is 6.07 Å². The lowest BCUT2D eigenvalue weighted by Gasteiger charge is -2.07. The molecule has 0 fully saturated rings. The van der Waals surface area contributed by atoms with Crippen molar-refractivity contribution in [1.29, 1.82) is 5.26 Å². The summed E-state index contributed by atoms with van der Waals surface area (Å²) in [5.74, 6) is -0.0662. The van der Waals surface area contributed by atoms with Gasteiger partial charge in [-0.25, -0.2) is 0 Å². The highest BCUT2D eigenvalue weighted by atomic mass is 16.1. The first-order valence-electron chi connectivity index (χ1n) is 7.08. The minimum Gasteiger partial charge on any atom is -0.289 e. The van der Waals surface area contributed by atoms with Gasteiger partial charge in [0.2, 0.25) is 0 Å². The van der Waals surface area contributed by atoms with Crippen molar-refractivity contribution in [2.24, 2.45) is 0 Å². The fraction of sp³-hybridized carbons (Fsp3) is 0. The molecule has 0 bridgehead atoms. The number of allylic oxidation sites excluding steroid dienone is 2. The average Bonchev–Trinajstić information content (AvgIpc) is 2.87. The fourth-order valence-electron chi connectivity index (χ4n) is 3.10. The van der Waals surface area contributed by atoms with Crippen molar-refractivity contribution in [2.45, 2.75) is 0 Å². The van der Waals surface area contributed by atoms with Crippen LogP contribution in [-0.4, -0.2) is 5.78 Å². The van der Waals surface area contributed by atoms with E-state index in [1.165, 1.54) is 0 Å². The summed E-state index contributed by atoms with van der Waals surface area (Å²) in [5, 5.41) is 11.6. The van der Waals surface area contributed by atoms with E-state index in [2.05, 4.69) is 6.07 Å². The number of hydrogen-bond donors (Lipinski definition) is 0. The van der Waals surface area contributed by atoms with Gasteiger partial charge in [-0.1, -0.05) is 66.7 Å². The van der Waals surface area contributed by atoms with Crippen molar-refractivity contribution in [1.82, 2.24) is 0 Å². The van der Waals surface area contributed by atoms with Crippen LogP contribution in [0, 0.1) is 11.3 Å². The van der Waals surface area contributed by atoms with Gasteiger partial charge in [-0.3, -0.25) is 4.79 Å². The van der Waals surface area contributed by atoms with Crippen LogP contribution in [0.1, 0.15) is 21.5 Å². The minimum absolute atomic E-state index is 0.0662. The monoisotopic (exact) mass is 281 g/mol. The summed E-state index contributed by atoms with van der Waals surface area (Å²) in [6, 6.07) is 23.3. The molecule has 0 saturated carbocycles. The maximum atomic E-state index is 12.8. The molecule has 0 spiro atoms. The van der Waals surface area contributed by atoms with Crippen LogP contribution in [0.25, 0.3) is 21.9 Å². The molecule has 3 aromatic rings. The second-order valence-electron chi connectivity index (χ2n) is 5.26. The summed E-state index contributed by atoms with van der Waals surface area (Å²) in [5.41, 5.74) is 3.16. The Balaban J connectivity index is 2.08. The zero-order chi connectivity index (χ0) is 15.1. The number of carbonyl (C=O) groups excluding carboxylic acids is 1. The lowest BCUT2D eigenvalue weighted by atomic mass is 9.94. The van der Waals surface area contributed by atoms with Crippen LogP contribution in [0.3, 0.4) is 0 Å². The Bertz CT molecular complexity index is 1000. The van der Waals surface area contributed by atoms with Crippen LogP contribution in [-0.2, 0) is 0 Å². The maximum Gasteiger partial charge on any atom is 0.195 e.